The van der Waals surface area contributed by atoms with E-state index in [2.05, 4.69) is 39.3 Å². The molecule has 3 heterocycles. The van der Waals surface area contributed by atoms with Crippen LogP contribution >= 0.6 is 34.4 Å². The fraction of sp³-hybridized carbons (Fsp3) is 0.556. The Morgan fingerprint density at radius 1 is 1.16 bits per heavy atom. The number of nitrogens with zero attached hydrogens (tertiary/aromatic N) is 3. The Morgan fingerprint density at radius 3 is 2.81 bits per heavy atom. The first-order valence-corrected chi connectivity index (χ1v) is 15.9. The first-order valence-electron chi connectivity index (χ1n) is 13.3. The van der Waals surface area contributed by atoms with Crippen LogP contribution in [-0.2, 0) is 41.8 Å². The molecular weight excluding hydrogens is 525 g/mol. The smallest absolute Gasteiger partial charge is 0.341 e. The summed E-state index contributed by atoms with van der Waals surface area (Å²) in [5, 5.41) is 15.7. The first kappa shape index (κ1) is 26.4. The summed E-state index contributed by atoms with van der Waals surface area (Å²) in [5.41, 5.74) is 4.23. The largest absolute Gasteiger partial charge is 0.462 e. The lowest BCUT2D eigenvalue weighted by Gasteiger charge is -2.19. The molecule has 2 aliphatic rings. The molecule has 37 heavy (non-hydrogen) atoms. The lowest BCUT2D eigenvalue weighted by molar-refractivity contribution is -0.113. The van der Waals surface area contributed by atoms with Gasteiger partial charge in [-0.15, -0.1) is 32.9 Å². The van der Waals surface area contributed by atoms with E-state index in [1.165, 1.54) is 50.4 Å². The van der Waals surface area contributed by atoms with Crippen molar-refractivity contribution in [3.05, 3.63) is 31.8 Å². The number of aromatic nitrogens is 3. The minimum atomic E-state index is -0.342. The van der Waals surface area contributed by atoms with Gasteiger partial charge in [0.1, 0.15) is 5.00 Å². The van der Waals surface area contributed by atoms with Gasteiger partial charge >= 0.3 is 5.97 Å². The predicted molar refractivity (Wildman–Crippen MR) is 151 cm³/mol. The zero-order valence-electron chi connectivity index (χ0n) is 21.7. The van der Waals surface area contributed by atoms with Crippen LogP contribution in [0, 0.1) is 5.92 Å². The first-order chi connectivity index (χ1) is 18.0. The number of thiophene rings is 2. The molecule has 0 saturated heterocycles. The standard InChI is InChI=1S/C27H34N4O3S3/c1-4-12-31-24(19-14-35-21-13-16(3)10-11-17(19)21)29-30-27(31)36-15-22(32)28-25-23(26(33)34-5-2)18-8-6-7-9-20(18)37-25/h14,16H,4-13,15H2,1-3H3,(H,28,32). The Hall–Kier alpha value is -2.17. The summed E-state index contributed by atoms with van der Waals surface area (Å²) in [5.74, 6) is 1.35. The molecule has 0 spiro atoms. The molecule has 1 unspecified atom stereocenters. The molecule has 5 rings (SSSR count). The summed E-state index contributed by atoms with van der Waals surface area (Å²) in [6, 6.07) is 0. The van der Waals surface area contributed by atoms with Crippen LogP contribution in [0.2, 0.25) is 0 Å². The summed E-state index contributed by atoms with van der Waals surface area (Å²) >= 11 is 4.75. The number of nitrogens with one attached hydrogen (secondary N) is 1. The molecule has 0 aliphatic heterocycles. The third-order valence-electron chi connectivity index (χ3n) is 7.04. The van der Waals surface area contributed by atoms with Gasteiger partial charge in [0.25, 0.3) is 0 Å². The lowest BCUT2D eigenvalue weighted by atomic mass is 9.88. The van der Waals surface area contributed by atoms with E-state index >= 15 is 0 Å². The Labute approximate surface area is 230 Å². The molecule has 3 aromatic heterocycles. The molecule has 10 heteroatoms. The van der Waals surface area contributed by atoms with Gasteiger partial charge in [-0.25, -0.2) is 4.79 Å². The summed E-state index contributed by atoms with van der Waals surface area (Å²) in [7, 11) is 0. The number of hydrogen-bond acceptors (Lipinski definition) is 8. The highest BCUT2D eigenvalue weighted by molar-refractivity contribution is 7.99. The number of anilines is 1. The topological polar surface area (TPSA) is 86.1 Å². The average molecular weight is 559 g/mol. The van der Waals surface area contributed by atoms with Gasteiger partial charge in [0.05, 0.1) is 17.9 Å². The van der Waals surface area contributed by atoms with Crippen LogP contribution in [0.5, 0.6) is 0 Å². The summed E-state index contributed by atoms with van der Waals surface area (Å²) in [4.78, 5) is 28.4. The molecule has 0 radical (unpaired) electrons. The van der Waals surface area contributed by atoms with Crippen molar-refractivity contribution in [1.29, 1.82) is 0 Å². The predicted octanol–water partition coefficient (Wildman–Crippen LogP) is 6.39. The van der Waals surface area contributed by atoms with Crippen LogP contribution < -0.4 is 5.32 Å². The van der Waals surface area contributed by atoms with E-state index in [1.807, 2.05) is 11.3 Å². The molecule has 0 fully saturated rings. The van der Waals surface area contributed by atoms with Crippen molar-refractivity contribution >= 4 is 51.3 Å². The van der Waals surface area contributed by atoms with Crippen molar-refractivity contribution in [2.45, 2.75) is 83.8 Å². The number of rotatable bonds is 9. The Morgan fingerprint density at radius 2 is 2.00 bits per heavy atom. The van der Waals surface area contributed by atoms with Crippen LogP contribution in [-0.4, -0.2) is 39.0 Å². The van der Waals surface area contributed by atoms with E-state index in [0.717, 1.165) is 74.0 Å². The zero-order valence-corrected chi connectivity index (χ0v) is 24.2. The SMILES string of the molecule is CCCn1c(SCC(=O)Nc2sc3c(c2C(=O)OCC)CCCC3)nnc1-c1csc2c1CCC(C)C2. The maximum Gasteiger partial charge on any atom is 0.341 e. The molecule has 3 aromatic rings. The number of carbonyl (C=O) groups is 2. The van der Waals surface area contributed by atoms with E-state index in [4.69, 9.17) is 4.74 Å². The number of fused-ring (bicyclic) bond motifs is 2. The van der Waals surface area contributed by atoms with Crippen LogP contribution in [0.3, 0.4) is 0 Å². The van der Waals surface area contributed by atoms with Gasteiger partial charge in [-0.1, -0.05) is 25.6 Å². The maximum absolute atomic E-state index is 13.0. The van der Waals surface area contributed by atoms with Crippen LogP contribution in [0.15, 0.2) is 10.5 Å². The van der Waals surface area contributed by atoms with Gasteiger partial charge in [-0.2, -0.15) is 0 Å². The van der Waals surface area contributed by atoms with E-state index < -0.39 is 0 Å². The third-order valence-corrected chi connectivity index (χ3v) is 10.3. The van der Waals surface area contributed by atoms with Crippen molar-refractivity contribution < 1.29 is 14.3 Å². The van der Waals surface area contributed by atoms with Gasteiger partial charge in [-0.3, -0.25) is 4.79 Å². The molecule has 1 atom stereocenters. The minimum Gasteiger partial charge on any atom is -0.462 e. The summed E-state index contributed by atoms with van der Waals surface area (Å²) in [6.45, 7) is 7.39. The average Bonchev–Trinajstić information content (AvgIpc) is 3.57. The van der Waals surface area contributed by atoms with Crippen molar-refractivity contribution in [3.8, 4) is 11.4 Å². The highest BCUT2D eigenvalue weighted by atomic mass is 32.2. The van der Waals surface area contributed by atoms with Gasteiger partial charge in [0.15, 0.2) is 11.0 Å². The van der Waals surface area contributed by atoms with E-state index in [0.29, 0.717) is 17.2 Å². The van der Waals surface area contributed by atoms with Crippen molar-refractivity contribution in [3.63, 3.8) is 0 Å². The van der Waals surface area contributed by atoms with Gasteiger partial charge < -0.3 is 14.6 Å². The minimum absolute atomic E-state index is 0.149. The number of esters is 1. The number of carbonyl (C=O) groups excluding carboxylic acids is 2. The number of amides is 1. The molecular formula is C27H34N4O3S3. The number of aryl methyl sites for hydroxylation is 1. The fourth-order valence-electron chi connectivity index (χ4n) is 5.25. The number of ether oxygens (including phenoxy) is 1. The van der Waals surface area contributed by atoms with Crippen LogP contribution in [0.1, 0.15) is 77.7 Å². The van der Waals surface area contributed by atoms with Gasteiger partial charge in [0.2, 0.25) is 5.91 Å². The molecule has 0 bridgehead atoms. The lowest BCUT2D eigenvalue weighted by Crippen LogP contribution is -2.17. The second-order valence-corrected chi connectivity index (χ2v) is 12.8. The summed E-state index contributed by atoms with van der Waals surface area (Å²) < 4.78 is 7.48. The molecule has 198 valence electrons. The monoisotopic (exact) mass is 558 g/mol. The molecule has 1 N–H and O–H groups in total. The Kier molecular flexibility index (Phi) is 8.36. The van der Waals surface area contributed by atoms with Gasteiger partial charge in [0, 0.05) is 27.2 Å². The quantitative estimate of drug-likeness (QED) is 0.242. The van der Waals surface area contributed by atoms with Crippen LogP contribution in [0.4, 0.5) is 5.00 Å². The number of hydrogen-bond donors (Lipinski definition) is 1. The van der Waals surface area contributed by atoms with E-state index in [9.17, 15) is 9.59 Å². The van der Waals surface area contributed by atoms with E-state index in [1.54, 1.807) is 6.92 Å². The van der Waals surface area contributed by atoms with E-state index in [-0.39, 0.29) is 17.6 Å². The van der Waals surface area contributed by atoms with Crippen molar-refractivity contribution in [2.75, 3.05) is 17.7 Å². The second kappa shape index (κ2) is 11.7. The molecule has 0 saturated carbocycles. The highest BCUT2D eigenvalue weighted by Crippen LogP contribution is 2.40. The normalized spacial score (nSPS) is 16.8. The Balaban J connectivity index is 1.32. The molecule has 1 amide bonds. The maximum atomic E-state index is 13.0. The van der Waals surface area contributed by atoms with Crippen molar-refractivity contribution in [1.82, 2.24) is 14.8 Å². The second-order valence-electron chi connectivity index (χ2n) is 9.83. The third kappa shape index (κ3) is 5.52. The summed E-state index contributed by atoms with van der Waals surface area (Å²) in [6.07, 6.45) is 8.38. The Bertz CT molecular complexity index is 1290. The fourth-order valence-corrected chi connectivity index (χ4v) is 8.55. The molecule has 2 aliphatic carbocycles. The molecule has 7 nitrogen and oxygen atoms in total. The molecule has 0 aromatic carbocycles. The zero-order chi connectivity index (χ0) is 25.9. The van der Waals surface area contributed by atoms with Gasteiger partial charge in [-0.05, 0) is 75.3 Å². The highest BCUT2D eigenvalue weighted by Gasteiger charge is 2.28. The van der Waals surface area contributed by atoms with Crippen molar-refractivity contribution in [2.24, 2.45) is 5.92 Å². The number of thioether (sulfide) groups is 1. The van der Waals surface area contributed by atoms with Crippen LogP contribution in [0.25, 0.3) is 11.4 Å².